The summed E-state index contributed by atoms with van der Waals surface area (Å²) in [4.78, 5) is 25.4. The Hall–Kier alpha value is -2.61. The zero-order valence-corrected chi connectivity index (χ0v) is 13.6. The Morgan fingerprint density at radius 1 is 1.42 bits per heavy atom. The molecule has 128 valence electrons. The lowest BCUT2D eigenvalue weighted by molar-refractivity contribution is -0.122. The maximum atomic E-state index is 12.8. The number of ether oxygens (including phenoxy) is 1. The first-order valence-electron chi connectivity index (χ1n) is 7.70. The lowest BCUT2D eigenvalue weighted by Crippen LogP contribution is -2.47. The number of hydrogen-bond donors (Lipinski definition) is 2. The molecule has 4 rings (SSSR count). The summed E-state index contributed by atoms with van der Waals surface area (Å²) in [6.07, 6.45) is 1.08. The van der Waals surface area contributed by atoms with Gasteiger partial charge in [-0.3, -0.25) is 19.6 Å². The van der Waals surface area contributed by atoms with Crippen molar-refractivity contribution in [2.24, 2.45) is 0 Å². The molecular weight excluding hydrogens is 312 g/mol. The van der Waals surface area contributed by atoms with E-state index in [0.717, 1.165) is 36.2 Å². The summed E-state index contributed by atoms with van der Waals surface area (Å²) in [6.45, 7) is 1.52. The Labute approximate surface area is 139 Å². The van der Waals surface area contributed by atoms with Gasteiger partial charge in [-0.25, -0.2) is 0 Å². The van der Waals surface area contributed by atoms with Crippen LogP contribution < -0.4 is 4.74 Å². The second kappa shape index (κ2) is 6.48. The van der Waals surface area contributed by atoms with Gasteiger partial charge in [0.05, 0.1) is 12.6 Å². The maximum absolute atomic E-state index is 12.8. The number of rotatable bonds is 2. The molecule has 0 unspecified atom stereocenters. The predicted molar refractivity (Wildman–Crippen MR) is 87.2 cm³/mol. The molecule has 2 saturated heterocycles. The van der Waals surface area contributed by atoms with Crippen molar-refractivity contribution in [3.8, 4) is 5.75 Å². The average Bonchev–Trinajstić information content (AvgIpc) is 3.27. The van der Waals surface area contributed by atoms with Gasteiger partial charge in [-0.2, -0.15) is 5.10 Å². The highest BCUT2D eigenvalue weighted by Crippen LogP contribution is 2.31. The molecule has 24 heavy (non-hydrogen) atoms. The molecule has 2 fully saturated rings. The molecule has 2 aromatic rings. The molecule has 1 amide bonds. The van der Waals surface area contributed by atoms with Gasteiger partial charge in [-0.15, -0.1) is 0 Å². The van der Waals surface area contributed by atoms with E-state index in [2.05, 4.69) is 22.1 Å². The summed E-state index contributed by atoms with van der Waals surface area (Å²) in [6, 6.07) is 6.45. The number of hydrogen-bond acceptors (Lipinski definition) is 5. The number of nitrogens with zero attached hydrogens (tertiary/aromatic N) is 3. The van der Waals surface area contributed by atoms with Crippen LogP contribution in [-0.4, -0.2) is 76.8 Å². The molecule has 2 atom stereocenters. The van der Waals surface area contributed by atoms with E-state index in [1.54, 1.807) is 7.11 Å². The van der Waals surface area contributed by atoms with E-state index < -0.39 is 0 Å². The molecular formula is C16H20N4O4. The Morgan fingerprint density at radius 2 is 2.17 bits per heavy atom. The highest BCUT2D eigenvalue weighted by molar-refractivity contribution is 6.05. The summed E-state index contributed by atoms with van der Waals surface area (Å²) in [7, 11) is 3.75. The van der Waals surface area contributed by atoms with Crippen LogP contribution in [0.1, 0.15) is 16.9 Å². The third-order valence-corrected chi connectivity index (χ3v) is 4.75. The summed E-state index contributed by atoms with van der Waals surface area (Å²) < 4.78 is 5.20. The van der Waals surface area contributed by atoms with Crippen LogP contribution in [0.25, 0.3) is 10.9 Å². The Kier molecular flexibility index (Phi) is 4.39. The minimum absolute atomic E-state index is 0.0343. The number of carbonyl (C=O) groups excluding carboxylic acids is 1. The number of benzene rings is 1. The second-order valence-corrected chi connectivity index (χ2v) is 6.03. The Bertz CT molecular complexity index is 758. The van der Waals surface area contributed by atoms with Crippen molar-refractivity contribution >= 4 is 23.3 Å². The van der Waals surface area contributed by atoms with Gasteiger partial charge < -0.3 is 14.7 Å². The maximum Gasteiger partial charge on any atom is 0.290 e. The number of likely N-dealkylation sites (tertiary alicyclic amines) is 2. The number of aromatic amines is 1. The van der Waals surface area contributed by atoms with E-state index >= 15 is 0 Å². The average molecular weight is 332 g/mol. The van der Waals surface area contributed by atoms with E-state index in [-0.39, 0.29) is 12.4 Å². The first-order chi connectivity index (χ1) is 11.6. The Morgan fingerprint density at radius 3 is 2.75 bits per heavy atom. The first-order valence-corrected chi connectivity index (χ1v) is 7.70. The highest BCUT2D eigenvalue weighted by atomic mass is 16.5. The monoisotopic (exact) mass is 332 g/mol. The standard InChI is InChI=1S/C15H18N4O2.CH2O2/c1-18-7-10-5-9(18)8-19(10)15(20)14-12-4-3-11(21-2)6-13(12)16-17-14;2-1-3/h3-4,6,9-10H,5,7-8H2,1-2H3,(H,16,17);1H,(H,2,3)/t9-,10-;/m0./s1. The number of carbonyl (C=O) groups is 2. The van der Waals surface area contributed by atoms with Gasteiger partial charge in [0.15, 0.2) is 5.69 Å². The number of fused-ring (bicyclic) bond motifs is 3. The van der Waals surface area contributed by atoms with Crippen LogP contribution in [0.5, 0.6) is 5.75 Å². The molecule has 2 aliphatic rings. The second-order valence-electron chi connectivity index (χ2n) is 6.03. The van der Waals surface area contributed by atoms with Crippen LogP contribution in [0.15, 0.2) is 18.2 Å². The molecule has 0 radical (unpaired) electrons. The predicted octanol–water partition coefficient (Wildman–Crippen LogP) is 0.801. The molecule has 8 nitrogen and oxygen atoms in total. The lowest BCUT2D eigenvalue weighted by atomic mass is 10.1. The van der Waals surface area contributed by atoms with E-state index in [0.29, 0.717) is 17.8 Å². The number of likely N-dealkylation sites (N-methyl/N-ethyl adjacent to an activating group) is 1. The highest BCUT2D eigenvalue weighted by Gasteiger charge is 2.44. The van der Waals surface area contributed by atoms with Crippen molar-refractivity contribution in [1.82, 2.24) is 20.0 Å². The van der Waals surface area contributed by atoms with Crippen molar-refractivity contribution in [2.45, 2.75) is 18.5 Å². The van der Waals surface area contributed by atoms with Gasteiger partial charge in [-0.05, 0) is 25.6 Å². The third kappa shape index (κ3) is 2.69. The number of aromatic nitrogens is 2. The number of carboxylic acid groups (broad SMARTS) is 1. The van der Waals surface area contributed by atoms with E-state index in [4.69, 9.17) is 14.6 Å². The molecule has 3 heterocycles. The van der Waals surface area contributed by atoms with Gasteiger partial charge in [0.1, 0.15) is 5.75 Å². The number of nitrogens with one attached hydrogen (secondary N) is 1. The van der Waals surface area contributed by atoms with Gasteiger partial charge >= 0.3 is 0 Å². The van der Waals surface area contributed by atoms with Crippen molar-refractivity contribution in [2.75, 3.05) is 27.2 Å². The molecule has 0 aliphatic carbocycles. The van der Waals surface area contributed by atoms with Crippen molar-refractivity contribution in [3.05, 3.63) is 23.9 Å². The number of piperazine rings is 1. The summed E-state index contributed by atoms with van der Waals surface area (Å²) in [5.74, 6) is 0.791. The molecule has 2 aliphatic heterocycles. The van der Waals surface area contributed by atoms with Crippen LogP contribution >= 0.6 is 0 Å². The minimum atomic E-state index is -0.250. The zero-order chi connectivity index (χ0) is 17.3. The van der Waals surface area contributed by atoms with Crippen molar-refractivity contribution in [1.29, 1.82) is 0 Å². The quantitative estimate of drug-likeness (QED) is 0.789. The topological polar surface area (TPSA) is 98.8 Å². The Balaban J connectivity index is 0.000000526. The van der Waals surface area contributed by atoms with Gasteiger partial charge in [0, 0.05) is 36.6 Å². The molecule has 0 spiro atoms. The fourth-order valence-electron chi connectivity index (χ4n) is 3.54. The van der Waals surface area contributed by atoms with Gasteiger partial charge in [-0.1, -0.05) is 0 Å². The summed E-state index contributed by atoms with van der Waals surface area (Å²) >= 11 is 0. The molecule has 1 aromatic carbocycles. The van der Waals surface area contributed by atoms with Crippen LogP contribution in [0, 0.1) is 0 Å². The summed E-state index contributed by atoms with van der Waals surface area (Å²) in [5.41, 5.74) is 1.35. The molecule has 0 saturated carbocycles. The van der Waals surface area contributed by atoms with E-state index in [1.165, 1.54) is 0 Å². The van der Waals surface area contributed by atoms with Crippen LogP contribution in [-0.2, 0) is 4.79 Å². The normalized spacial score (nSPS) is 22.3. The van der Waals surface area contributed by atoms with Crippen LogP contribution in [0.2, 0.25) is 0 Å². The lowest BCUT2D eigenvalue weighted by Gasteiger charge is -2.31. The fourth-order valence-corrected chi connectivity index (χ4v) is 3.54. The number of methoxy groups -OCH3 is 1. The number of amides is 1. The van der Waals surface area contributed by atoms with E-state index in [9.17, 15) is 4.79 Å². The fraction of sp³-hybridized carbons (Fsp3) is 0.438. The van der Waals surface area contributed by atoms with Gasteiger partial charge in [0.25, 0.3) is 12.4 Å². The smallest absolute Gasteiger partial charge is 0.290 e. The molecule has 2 N–H and O–H groups in total. The largest absolute Gasteiger partial charge is 0.497 e. The SMILES string of the molecule is COc1ccc2c(C(=O)N3C[C@@H]4C[C@H]3CN4C)n[nH]c2c1.O=CO. The van der Waals surface area contributed by atoms with Crippen molar-refractivity contribution < 1.29 is 19.4 Å². The van der Waals surface area contributed by atoms with Crippen LogP contribution in [0.4, 0.5) is 0 Å². The molecule has 8 heteroatoms. The van der Waals surface area contributed by atoms with Gasteiger partial charge in [0.2, 0.25) is 0 Å². The molecule has 1 aromatic heterocycles. The molecule has 2 bridgehead atoms. The first kappa shape index (κ1) is 16.3. The van der Waals surface area contributed by atoms with Crippen molar-refractivity contribution in [3.63, 3.8) is 0 Å². The minimum Gasteiger partial charge on any atom is -0.497 e. The van der Waals surface area contributed by atoms with E-state index in [1.807, 2.05) is 23.1 Å². The number of H-pyrrole nitrogens is 1. The summed E-state index contributed by atoms with van der Waals surface area (Å²) in [5, 5.41) is 14.9. The third-order valence-electron chi connectivity index (χ3n) is 4.75. The van der Waals surface area contributed by atoms with Crippen LogP contribution in [0.3, 0.4) is 0 Å². The zero-order valence-electron chi connectivity index (χ0n) is 13.6.